The van der Waals surface area contributed by atoms with Gasteiger partial charge in [0.15, 0.2) is 0 Å². The molecule has 2 heterocycles. The van der Waals surface area contributed by atoms with Gasteiger partial charge in [0.2, 0.25) is 0 Å². The van der Waals surface area contributed by atoms with E-state index < -0.39 is 0 Å². The van der Waals surface area contributed by atoms with Crippen LogP contribution in [0.4, 0.5) is 0 Å². The summed E-state index contributed by atoms with van der Waals surface area (Å²) in [4.78, 5) is 0. The molecule has 1 aliphatic rings. The van der Waals surface area contributed by atoms with Gasteiger partial charge in [0.05, 0.1) is 9.40 Å². The van der Waals surface area contributed by atoms with Crippen molar-refractivity contribution in [3.8, 4) is 22.3 Å². The highest BCUT2D eigenvalue weighted by molar-refractivity contribution is 7.34. The smallest absolute Gasteiger partial charge is 0.0534 e. The lowest BCUT2D eigenvalue weighted by Gasteiger charge is -2.23. The number of hydrogen-bond acceptors (Lipinski definition) is 2. The first-order valence-corrected chi connectivity index (χ1v) is 20.4. The van der Waals surface area contributed by atoms with Crippen LogP contribution in [0.2, 0.25) is 0 Å². The minimum absolute atomic E-state index is 0.315. The van der Waals surface area contributed by atoms with E-state index in [4.69, 9.17) is 0 Å². The molecule has 0 amide bonds. The first-order chi connectivity index (χ1) is 26.8. The highest BCUT2D eigenvalue weighted by atomic mass is 32.1. The fourth-order valence-corrected chi connectivity index (χ4v) is 11.9. The second-order valence-electron chi connectivity index (χ2n) is 14.7. The molecule has 9 aromatic carbocycles. The van der Waals surface area contributed by atoms with Gasteiger partial charge in [-0.05, 0) is 95.2 Å². The van der Waals surface area contributed by atoms with Crippen LogP contribution in [0.25, 0.3) is 107 Å². The van der Waals surface area contributed by atoms with Gasteiger partial charge in [-0.3, -0.25) is 0 Å². The summed E-state index contributed by atoms with van der Waals surface area (Å²) >= 11 is 3.88. The second kappa shape index (κ2) is 11.7. The summed E-state index contributed by atoms with van der Waals surface area (Å²) in [6.07, 6.45) is 5.91. The quantitative estimate of drug-likeness (QED) is 0.159. The molecule has 0 saturated heterocycles. The van der Waals surface area contributed by atoms with E-state index in [1.54, 1.807) is 0 Å². The zero-order valence-corrected chi connectivity index (χ0v) is 31.0. The molecule has 0 radical (unpaired) electrons. The summed E-state index contributed by atoms with van der Waals surface area (Å²) in [5.74, 6) is 0.315. The summed E-state index contributed by atoms with van der Waals surface area (Å²) in [6, 6.07) is 61.3. The molecule has 2 heteroatoms. The molecule has 1 atom stereocenters. The molecule has 0 nitrogen and oxygen atoms in total. The number of hydrogen-bond donors (Lipinski definition) is 0. The third kappa shape index (κ3) is 4.48. The van der Waals surface area contributed by atoms with E-state index in [0.717, 1.165) is 6.42 Å². The van der Waals surface area contributed by atoms with Crippen LogP contribution in [-0.4, -0.2) is 0 Å². The maximum absolute atomic E-state index is 2.49. The van der Waals surface area contributed by atoms with Gasteiger partial charge in [-0.15, -0.1) is 22.7 Å². The number of benzene rings is 9. The summed E-state index contributed by atoms with van der Waals surface area (Å²) in [5.41, 5.74) is 6.50. The van der Waals surface area contributed by atoms with Crippen LogP contribution in [0.15, 0.2) is 164 Å². The molecule has 1 aliphatic carbocycles. The van der Waals surface area contributed by atoms with Crippen LogP contribution in [0.5, 0.6) is 0 Å². The van der Waals surface area contributed by atoms with E-state index >= 15 is 0 Å². The zero-order chi connectivity index (χ0) is 35.3. The molecular formula is C52H32S2. The van der Waals surface area contributed by atoms with Crippen molar-refractivity contribution in [2.45, 2.75) is 12.3 Å². The molecule has 54 heavy (non-hydrogen) atoms. The molecule has 12 rings (SSSR count). The Morgan fingerprint density at radius 3 is 1.81 bits per heavy atom. The highest BCUT2D eigenvalue weighted by Gasteiger charge is 2.21. The van der Waals surface area contributed by atoms with Gasteiger partial charge >= 0.3 is 0 Å². The molecule has 2 aromatic heterocycles. The Morgan fingerprint density at radius 2 is 1.00 bits per heavy atom. The predicted octanol–water partition coefficient (Wildman–Crippen LogP) is 14.0. The summed E-state index contributed by atoms with van der Waals surface area (Å²) in [6.45, 7) is 0. The van der Waals surface area contributed by atoms with E-state index in [1.807, 2.05) is 22.7 Å². The molecule has 0 aliphatic heterocycles. The predicted molar refractivity (Wildman–Crippen MR) is 238 cm³/mol. The Labute approximate surface area is 320 Å². The van der Waals surface area contributed by atoms with Crippen molar-refractivity contribution in [2.24, 2.45) is 0 Å². The van der Waals surface area contributed by atoms with Gasteiger partial charge < -0.3 is 0 Å². The van der Waals surface area contributed by atoms with Crippen molar-refractivity contribution in [1.82, 2.24) is 0 Å². The summed E-state index contributed by atoms with van der Waals surface area (Å²) in [5, 5.41) is 16.1. The second-order valence-corrected chi connectivity index (χ2v) is 16.8. The van der Waals surface area contributed by atoms with Gasteiger partial charge in [-0.1, -0.05) is 158 Å². The maximum Gasteiger partial charge on any atom is 0.0534 e. The molecule has 1 unspecified atom stereocenters. The SMILES string of the molecule is C1=c2ccccc2=CC(c2c3ccccc3c(-c3cccc(-c4ccc5sc6c(ccc7c8ccc9ccccc9c8sc76)c5c4)c3)c3ccccc23)C1. The minimum Gasteiger partial charge on any atom is -0.134 e. The van der Waals surface area contributed by atoms with E-state index in [1.165, 1.54) is 111 Å². The normalized spacial score (nSPS) is 14.3. The number of fused-ring (bicyclic) bond motifs is 12. The van der Waals surface area contributed by atoms with Crippen LogP contribution < -0.4 is 10.4 Å². The molecule has 0 N–H and O–H groups in total. The fourth-order valence-electron chi connectivity index (χ4n) is 9.29. The topological polar surface area (TPSA) is 0 Å². The van der Waals surface area contributed by atoms with E-state index in [-0.39, 0.29) is 0 Å². The lowest BCUT2D eigenvalue weighted by molar-refractivity contribution is 0.940. The third-order valence-corrected chi connectivity index (χ3v) is 14.4. The van der Waals surface area contributed by atoms with Crippen molar-refractivity contribution in [2.75, 3.05) is 0 Å². The van der Waals surface area contributed by atoms with Crippen molar-refractivity contribution in [3.05, 3.63) is 180 Å². The summed E-state index contributed by atoms with van der Waals surface area (Å²) < 4.78 is 5.53. The molecular weight excluding hydrogens is 689 g/mol. The van der Waals surface area contributed by atoms with Crippen LogP contribution in [0.1, 0.15) is 17.9 Å². The van der Waals surface area contributed by atoms with Crippen LogP contribution in [-0.2, 0) is 0 Å². The van der Waals surface area contributed by atoms with E-state index in [0.29, 0.717) is 5.92 Å². The zero-order valence-electron chi connectivity index (χ0n) is 29.3. The molecule has 0 spiro atoms. The van der Waals surface area contributed by atoms with E-state index in [9.17, 15) is 0 Å². The lowest BCUT2D eigenvalue weighted by atomic mass is 9.81. The highest BCUT2D eigenvalue weighted by Crippen LogP contribution is 2.48. The lowest BCUT2D eigenvalue weighted by Crippen LogP contribution is -2.27. The van der Waals surface area contributed by atoms with Gasteiger partial charge in [0.25, 0.3) is 0 Å². The largest absolute Gasteiger partial charge is 0.134 e. The Bertz CT molecular complexity index is 3430. The fraction of sp³-hybridized carbons (Fsp3) is 0.0385. The van der Waals surface area contributed by atoms with Crippen LogP contribution in [0.3, 0.4) is 0 Å². The average Bonchev–Trinajstić information content (AvgIpc) is 3.81. The van der Waals surface area contributed by atoms with Gasteiger partial charge in [0, 0.05) is 36.9 Å². The van der Waals surface area contributed by atoms with Crippen LogP contribution >= 0.6 is 22.7 Å². The number of thiophene rings is 2. The van der Waals surface area contributed by atoms with Gasteiger partial charge in [-0.25, -0.2) is 0 Å². The molecule has 0 fully saturated rings. The Morgan fingerprint density at radius 1 is 0.389 bits per heavy atom. The maximum atomic E-state index is 2.49. The number of rotatable bonds is 3. The molecule has 252 valence electrons. The van der Waals surface area contributed by atoms with Crippen molar-refractivity contribution < 1.29 is 0 Å². The van der Waals surface area contributed by atoms with Crippen molar-refractivity contribution >= 4 is 107 Å². The Balaban J connectivity index is 1.02. The standard InChI is InChI=1S/C52H32S2/c1-2-12-33-28-37(21-20-31(33)10-1)49-41-18-7-5-16-39(41)48(40-17-6-8-19-42(40)49)36-14-9-13-34(29-36)35-23-27-47-46(30-35)45-26-25-44-43-24-22-32-11-3-4-15-38(32)50(43)54-52(44)51(45)53-47/h1-20,22-30,37H,21H2. The third-order valence-electron chi connectivity index (χ3n) is 11.8. The van der Waals surface area contributed by atoms with Gasteiger partial charge in [-0.2, -0.15) is 0 Å². The van der Waals surface area contributed by atoms with E-state index in [2.05, 4.69) is 176 Å². The molecule has 0 saturated carbocycles. The monoisotopic (exact) mass is 720 g/mol. The van der Waals surface area contributed by atoms with Crippen molar-refractivity contribution in [1.29, 1.82) is 0 Å². The van der Waals surface area contributed by atoms with Crippen LogP contribution in [0, 0.1) is 0 Å². The Hall–Kier alpha value is -6.06. The molecule has 0 bridgehead atoms. The Kier molecular flexibility index (Phi) is 6.60. The summed E-state index contributed by atoms with van der Waals surface area (Å²) in [7, 11) is 0. The van der Waals surface area contributed by atoms with Gasteiger partial charge in [0.1, 0.15) is 0 Å². The minimum atomic E-state index is 0.315. The van der Waals surface area contributed by atoms with Crippen molar-refractivity contribution in [3.63, 3.8) is 0 Å². The first-order valence-electron chi connectivity index (χ1n) is 18.8. The molecule has 11 aromatic rings. The first kappa shape index (κ1) is 30.4. The average molecular weight is 721 g/mol.